The molecule has 0 aliphatic rings. The van der Waals surface area contributed by atoms with Crippen LogP contribution < -0.4 is 11.1 Å². The van der Waals surface area contributed by atoms with E-state index < -0.39 is 24.4 Å². The number of unbranched alkanes of at least 4 members (excludes halogenated alkanes) is 2. The molecule has 0 radical (unpaired) electrons. The Kier molecular flexibility index (Phi) is 25.2. The molecule has 0 fully saturated rings. The van der Waals surface area contributed by atoms with Gasteiger partial charge in [0.1, 0.15) is 6.23 Å². The van der Waals surface area contributed by atoms with Gasteiger partial charge in [-0.2, -0.15) is 13.2 Å². The summed E-state index contributed by atoms with van der Waals surface area (Å²) in [6.45, 7) is 12.4. The maximum Gasteiger partial charge on any atom is 0.401 e. The van der Waals surface area contributed by atoms with E-state index in [0.29, 0.717) is 12.8 Å². The highest BCUT2D eigenvalue weighted by Crippen LogP contribution is 2.37. The van der Waals surface area contributed by atoms with Crippen molar-refractivity contribution < 1.29 is 18.3 Å². The summed E-state index contributed by atoms with van der Waals surface area (Å²) < 4.78 is 38.1. The first kappa shape index (κ1) is 35.7. The van der Waals surface area contributed by atoms with Gasteiger partial charge >= 0.3 is 6.18 Å². The second-order valence-corrected chi connectivity index (χ2v) is 6.63. The van der Waals surface area contributed by atoms with E-state index in [1.54, 1.807) is 12.2 Å². The third-order valence-corrected chi connectivity index (χ3v) is 4.57. The lowest BCUT2D eigenvalue weighted by Gasteiger charge is -2.39. The summed E-state index contributed by atoms with van der Waals surface area (Å²) in [4.78, 5) is 0. The van der Waals surface area contributed by atoms with Crippen LogP contribution in [0.4, 0.5) is 13.2 Å². The molecule has 0 aliphatic carbocycles. The lowest BCUT2D eigenvalue weighted by molar-refractivity contribution is -0.134. The molecule has 0 spiro atoms. The van der Waals surface area contributed by atoms with Crippen molar-refractivity contribution in [1.82, 2.24) is 5.32 Å². The molecule has 2 atom stereocenters. The zero-order valence-electron chi connectivity index (χ0n) is 21.5. The molecule has 0 amide bonds. The van der Waals surface area contributed by atoms with E-state index >= 15 is 0 Å². The second kappa shape index (κ2) is 23.3. The molecule has 1 aromatic carbocycles. The molecule has 1 rings (SSSR count). The molecule has 0 aromatic heterocycles. The van der Waals surface area contributed by atoms with Crippen molar-refractivity contribution in [2.75, 3.05) is 13.6 Å². The van der Waals surface area contributed by atoms with Gasteiger partial charge in [-0.15, -0.1) is 0 Å². The number of aliphatic hydroxyl groups is 1. The highest BCUT2D eigenvalue weighted by atomic mass is 19.4. The number of nitrogens with two attached hydrogens (primary N) is 1. The molecule has 2 unspecified atom stereocenters. The van der Waals surface area contributed by atoms with E-state index in [9.17, 15) is 18.3 Å². The van der Waals surface area contributed by atoms with Crippen LogP contribution >= 0.6 is 0 Å². The number of nitrogens with one attached hydrogen (secondary N) is 1. The number of alkyl halides is 3. The largest absolute Gasteiger partial charge is 0.401 e. The van der Waals surface area contributed by atoms with Crippen molar-refractivity contribution in [3.8, 4) is 0 Å². The van der Waals surface area contributed by atoms with Gasteiger partial charge < -0.3 is 10.8 Å². The topological polar surface area (TPSA) is 58.3 Å². The average molecular weight is 473 g/mol. The molecule has 0 saturated carbocycles. The van der Waals surface area contributed by atoms with Gasteiger partial charge in [0.15, 0.2) is 0 Å². The second-order valence-electron chi connectivity index (χ2n) is 6.63. The summed E-state index contributed by atoms with van der Waals surface area (Å²) in [6.07, 6.45) is 7.05. The molecule has 3 nitrogen and oxygen atoms in total. The smallest absolute Gasteiger partial charge is 0.378 e. The summed E-state index contributed by atoms with van der Waals surface area (Å²) in [5.41, 5.74) is 4.50. The highest BCUT2D eigenvalue weighted by Gasteiger charge is 2.40. The van der Waals surface area contributed by atoms with Crippen LogP contribution in [-0.2, 0) is 5.41 Å². The SMILES string of the molecule is C=C/C=C\C=C/CC(CCCCC)(c1ccccc1)C(O)NCC(F)(F)F.CC.CC.CN. The van der Waals surface area contributed by atoms with Crippen LogP contribution in [-0.4, -0.2) is 31.1 Å². The van der Waals surface area contributed by atoms with Crippen LogP contribution in [0.15, 0.2) is 67.3 Å². The Labute approximate surface area is 200 Å². The van der Waals surface area contributed by atoms with Crippen LogP contribution in [0.2, 0.25) is 0 Å². The first-order valence-corrected chi connectivity index (χ1v) is 11.9. The number of rotatable bonds is 12. The number of hydrogen-bond donors (Lipinski definition) is 3. The molecule has 33 heavy (non-hydrogen) atoms. The van der Waals surface area contributed by atoms with Gasteiger partial charge in [0.25, 0.3) is 0 Å². The molecule has 0 heterocycles. The van der Waals surface area contributed by atoms with Crippen molar-refractivity contribution in [3.05, 3.63) is 72.9 Å². The quantitative estimate of drug-likeness (QED) is 0.170. The molecule has 0 saturated heterocycles. The standard InChI is InChI=1S/C22H30F3NO.2C2H6.CH5N/c1-3-5-7-8-13-17-21(16-12-6-4-2,19-14-10-9-11-15-19)20(27)26-18-22(23,24)25;3*1-2/h3,5,7-11,13-15,20,26-27H,1,4,6,12,16-18H2,2H3;2*1-2H3;2H2,1H3/b7-5-,13-8-;;;. The Hall–Kier alpha value is -1.89. The molecule has 0 aliphatic heterocycles. The number of benzene rings is 1. The third-order valence-electron chi connectivity index (χ3n) is 4.57. The Morgan fingerprint density at radius 2 is 1.58 bits per heavy atom. The molecule has 0 bridgehead atoms. The first-order valence-electron chi connectivity index (χ1n) is 11.9. The van der Waals surface area contributed by atoms with E-state index in [4.69, 9.17) is 0 Å². The van der Waals surface area contributed by atoms with E-state index in [-0.39, 0.29) is 0 Å². The molecule has 4 N–H and O–H groups in total. The normalized spacial score (nSPS) is 13.5. The third kappa shape index (κ3) is 16.4. The zero-order valence-corrected chi connectivity index (χ0v) is 21.5. The number of allylic oxidation sites excluding steroid dienone is 5. The summed E-state index contributed by atoms with van der Waals surface area (Å²) >= 11 is 0. The fourth-order valence-electron chi connectivity index (χ4n) is 3.14. The summed E-state index contributed by atoms with van der Waals surface area (Å²) in [5.74, 6) is 0. The molecule has 192 valence electrons. The number of aliphatic hydroxyl groups excluding tert-OH is 1. The minimum absolute atomic E-state index is 0.425. The zero-order chi connectivity index (χ0) is 26.2. The van der Waals surface area contributed by atoms with Gasteiger partial charge in [0.05, 0.1) is 6.54 Å². The first-order chi connectivity index (χ1) is 15.9. The maximum atomic E-state index is 12.7. The van der Waals surface area contributed by atoms with Crippen molar-refractivity contribution in [2.24, 2.45) is 5.73 Å². The number of halogens is 3. The van der Waals surface area contributed by atoms with Crippen molar-refractivity contribution in [1.29, 1.82) is 0 Å². The van der Waals surface area contributed by atoms with Crippen LogP contribution in [0.3, 0.4) is 0 Å². The van der Waals surface area contributed by atoms with Gasteiger partial charge in [-0.25, -0.2) is 0 Å². The Bertz CT molecular complexity index is 601. The summed E-state index contributed by atoms with van der Waals surface area (Å²) in [7, 11) is 1.50. The Morgan fingerprint density at radius 1 is 1.00 bits per heavy atom. The number of hydrogen-bond acceptors (Lipinski definition) is 3. The highest BCUT2D eigenvalue weighted by molar-refractivity contribution is 5.28. The van der Waals surface area contributed by atoms with Gasteiger partial charge in [-0.3, -0.25) is 5.32 Å². The summed E-state index contributed by atoms with van der Waals surface area (Å²) in [6, 6.07) is 9.30. The van der Waals surface area contributed by atoms with E-state index in [1.165, 1.54) is 7.05 Å². The predicted molar refractivity (Wildman–Crippen MR) is 138 cm³/mol. The minimum atomic E-state index is -4.38. The molecular formula is C27H47F3N2O. The van der Waals surface area contributed by atoms with Crippen LogP contribution in [0.25, 0.3) is 0 Å². The maximum absolute atomic E-state index is 12.7. The Morgan fingerprint density at radius 3 is 2.06 bits per heavy atom. The minimum Gasteiger partial charge on any atom is -0.378 e. The van der Waals surface area contributed by atoms with E-state index in [1.807, 2.05) is 76.3 Å². The lowest BCUT2D eigenvalue weighted by atomic mass is 9.72. The van der Waals surface area contributed by atoms with Gasteiger partial charge in [-0.1, -0.05) is 121 Å². The van der Waals surface area contributed by atoms with E-state index in [2.05, 4.69) is 24.6 Å². The van der Waals surface area contributed by atoms with Crippen molar-refractivity contribution in [2.45, 2.75) is 84.5 Å². The molecule has 6 heteroatoms. The van der Waals surface area contributed by atoms with E-state index in [0.717, 1.165) is 24.8 Å². The van der Waals surface area contributed by atoms with Crippen molar-refractivity contribution in [3.63, 3.8) is 0 Å². The van der Waals surface area contributed by atoms with Gasteiger partial charge in [0.2, 0.25) is 0 Å². The van der Waals surface area contributed by atoms with Gasteiger partial charge in [-0.05, 0) is 25.5 Å². The lowest BCUT2D eigenvalue weighted by Crippen LogP contribution is -2.51. The van der Waals surface area contributed by atoms with Crippen molar-refractivity contribution >= 4 is 0 Å². The fourth-order valence-corrected chi connectivity index (χ4v) is 3.14. The average Bonchev–Trinajstić information content (AvgIpc) is 2.85. The fraction of sp³-hybridized carbons (Fsp3) is 0.556. The predicted octanol–water partition coefficient (Wildman–Crippen LogP) is 7.29. The van der Waals surface area contributed by atoms with Gasteiger partial charge in [0, 0.05) is 5.41 Å². The molecule has 1 aromatic rings. The Balaban J connectivity index is -0.00000138. The molecular weight excluding hydrogens is 425 g/mol. The van der Waals surface area contributed by atoms with Crippen LogP contribution in [0.5, 0.6) is 0 Å². The van der Waals surface area contributed by atoms with Crippen LogP contribution in [0, 0.1) is 0 Å². The summed E-state index contributed by atoms with van der Waals surface area (Å²) in [5, 5.41) is 13.1. The monoisotopic (exact) mass is 472 g/mol. The van der Waals surface area contributed by atoms with Crippen LogP contribution in [0.1, 0.15) is 72.3 Å².